The van der Waals surface area contributed by atoms with Gasteiger partial charge in [-0.2, -0.15) is 5.10 Å². The van der Waals surface area contributed by atoms with E-state index >= 15 is 0 Å². The Morgan fingerprint density at radius 1 is 1.20 bits per heavy atom. The van der Waals surface area contributed by atoms with E-state index in [9.17, 15) is 9.59 Å². The van der Waals surface area contributed by atoms with Crippen LogP contribution in [0.1, 0.15) is 29.3 Å². The quantitative estimate of drug-likeness (QED) is 0.316. The van der Waals surface area contributed by atoms with Gasteiger partial charge in [-0.15, -0.1) is 6.42 Å². The summed E-state index contributed by atoms with van der Waals surface area (Å²) in [6, 6.07) is 12.0. The Bertz CT molecular complexity index is 936. The molecule has 0 heterocycles. The van der Waals surface area contributed by atoms with Crippen LogP contribution < -0.4 is 20.2 Å². The molecule has 7 nitrogen and oxygen atoms in total. The highest BCUT2D eigenvalue weighted by Gasteiger charge is 2.08. The number of nitrogens with one attached hydrogen (secondary N) is 2. The summed E-state index contributed by atoms with van der Waals surface area (Å²) in [6.07, 6.45) is 7.55. The fourth-order valence-electron chi connectivity index (χ4n) is 2.27. The molecule has 0 atom stereocenters. The monoisotopic (exact) mass is 471 g/mol. The van der Waals surface area contributed by atoms with Crippen LogP contribution in [0.5, 0.6) is 11.5 Å². The number of halogens is 1. The topological polar surface area (TPSA) is 89.0 Å². The number of hydrazone groups is 1. The molecule has 2 N–H and O–H groups in total. The van der Waals surface area contributed by atoms with Crippen molar-refractivity contribution in [1.29, 1.82) is 0 Å². The van der Waals surface area contributed by atoms with Crippen LogP contribution in [0.15, 0.2) is 52.0 Å². The molecule has 0 aliphatic heterocycles. The average Bonchev–Trinajstić information content (AvgIpc) is 2.76. The summed E-state index contributed by atoms with van der Waals surface area (Å²) < 4.78 is 11.7. The lowest BCUT2D eigenvalue weighted by Crippen LogP contribution is -2.34. The molecule has 0 radical (unpaired) electrons. The zero-order chi connectivity index (χ0) is 21.8. The van der Waals surface area contributed by atoms with Gasteiger partial charge in [-0.1, -0.05) is 28.8 Å². The number of hydrogen-bond donors (Lipinski definition) is 2. The van der Waals surface area contributed by atoms with Gasteiger partial charge in [0.1, 0.15) is 18.1 Å². The number of terminal acetylenes is 1. The molecular formula is C22H22BrN3O4. The van der Waals surface area contributed by atoms with Crippen molar-refractivity contribution in [2.45, 2.75) is 13.3 Å². The number of benzene rings is 2. The van der Waals surface area contributed by atoms with E-state index in [4.69, 9.17) is 15.9 Å². The maximum Gasteiger partial charge on any atom is 0.259 e. The Kier molecular flexibility index (Phi) is 9.42. The van der Waals surface area contributed by atoms with Gasteiger partial charge in [-0.25, -0.2) is 5.43 Å². The van der Waals surface area contributed by atoms with E-state index in [1.54, 1.807) is 42.5 Å². The minimum atomic E-state index is -0.469. The molecule has 8 heteroatoms. The van der Waals surface area contributed by atoms with Crippen LogP contribution >= 0.6 is 15.9 Å². The van der Waals surface area contributed by atoms with E-state index in [0.717, 1.165) is 10.9 Å². The number of carbonyl (C=O) groups is 2. The van der Waals surface area contributed by atoms with E-state index < -0.39 is 5.91 Å². The Labute approximate surface area is 184 Å². The van der Waals surface area contributed by atoms with Gasteiger partial charge >= 0.3 is 0 Å². The second kappa shape index (κ2) is 12.3. The molecule has 0 saturated carbocycles. The minimum absolute atomic E-state index is 0.118. The molecule has 2 aromatic carbocycles. The highest BCUT2D eigenvalue weighted by Crippen LogP contribution is 2.21. The maximum atomic E-state index is 12.1. The normalized spacial score (nSPS) is 10.3. The molecule has 0 aliphatic carbocycles. The molecule has 0 bridgehead atoms. The van der Waals surface area contributed by atoms with Crippen LogP contribution in [-0.2, 0) is 4.79 Å². The van der Waals surface area contributed by atoms with Crippen molar-refractivity contribution in [2.75, 3.05) is 19.8 Å². The third-order valence-electron chi connectivity index (χ3n) is 3.67. The number of rotatable bonds is 10. The SMILES string of the molecule is C#CCOc1ccc(Br)cc1/C=N/NC(=O)CNC(=O)c1ccc(OCCC)cc1. The Hall–Kier alpha value is -3.31. The Morgan fingerprint density at radius 3 is 2.67 bits per heavy atom. The third-order valence-corrected chi connectivity index (χ3v) is 4.17. The average molecular weight is 472 g/mol. The smallest absolute Gasteiger partial charge is 0.259 e. The molecule has 0 saturated heterocycles. The maximum absolute atomic E-state index is 12.1. The summed E-state index contributed by atoms with van der Waals surface area (Å²) in [5.74, 6) is 2.78. The van der Waals surface area contributed by atoms with Crippen molar-refractivity contribution in [2.24, 2.45) is 5.10 Å². The van der Waals surface area contributed by atoms with Crippen LogP contribution in [0.25, 0.3) is 0 Å². The standard InChI is InChI=1S/C22H22BrN3O4/c1-3-11-29-19-8-5-16(6-9-19)22(28)24-15-21(27)26-25-14-17-13-18(23)7-10-20(17)30-12-4-2/h2,5-10,13-14H,3,11-12,15H2,1H3,(H,24,28)(H,26,27)/b25-14+. The minimum Gasteiger partial charge on any atom is -0.494 e. The predicted molar refractivity (Wildman–Crippen MR) is 119 cm³/mol. The van der Waals surface area contributed by atoms with Crippen molar-refractivity contribution in [3.8, 4) is 23.8 Å². The van der Waals surface area contributed by atoms with Crippen LogP contribution in [-0.4, -0.2) is 37.8 Å². The predicted octanol–water partition coefficient (Wildman–Crippen LogP) is 3.13. The number of amides is 2. The molecule has 0 aromatic heterocycles. The first-order chi connectivity index (χ1) is 14.5. The first-order valence-electron chi connectivity index (χ1n) is 9.22. The lowest BCUT2D eigenvalue weighted by atomic mass is 10.2. The summed E-state index contributed by atoms with van der Waals surface area (Å²) in [4.78, 5) is 24.1. The molecule has 2 aromatic rings. The highest BCUT2D eigenvalue weighted by molar-refractivity contribution is 9.10. The summed E-state index contributed by atoms with van der Waals surface area (Å²) in [7, 11) is 0. The first kappa shape index (κ1) is 23.0. The molecule has 0 unspecified atom stereocenters. The second-order valence-corrected chi connectivity index (χ2v) is 6.94. The first-order valence-corrected chi connectivity index (χ1v) is 10.0. The number of ether oxygens (including phenoxy) is 2. The van der Waals surface area contributed by atoms with Crippen molar-refractivity contribution < 1.29 is 19.1 Å². The summed E-state index contributed by atoms with van der Waals surface area (Å²) >= 11 is 3.36. The van der Waals surface area contributed by atoms with E-state index in [2.05, 4.69) is 37.7 Å². The largest absolute Gasteiger partial charge is 0.494 e. The van der Waals surface area contributed by atoms with Crippen LogP contribution in [0.3, 0.4) is 0 Å². The fraction of sp³-hybridized carbons (Fsp3) is 0.227. The molecule has 0 spiro atoms. The van der Waals surface area contributed by atoms with Crippen molar-refractivity contribution in [3.63, 3.8) is 0 Å². The molecule has 0 fully saturated rings. The lowest BCUT2D eigenvalue weighted by molar-refractivity contribution is -0.120. The third kappa shape index (κ3) is 7.60. The highest BCUT2D eigenvalue weighted by atomic mass is 79.9. The van der Waals surface area contributed by atoms with E-state index in [1.807, 2.05) is 6.92 Å². The lowest BCUT2D eigenvalue weighted by Gasteiger charge is -2.07. The Morgan fingerprint density at radius 2 is 1.97 bits per heavy atom. The van der Waals surface area contributed by atoms with Crippen LogP contribution in [0.2, 0.25) is 0 Å². The van der Waals surface area contributed by atoms with Gasteiger partial charge in [0.05, 0.1) is 19.4 Å². The second-order valence-electron chi connectivity index (χ2n) is 6.02. The number of hydrogen-bond acceptors (Lipinski definition) is 5. The van der Waals surface area contributed by atoms with Crippen LogP contribution in [0.4, 0.5) is 0 Å². The van der Waals surface area contributed by atoms with Gasteiger partial charge in [0.2, 0.25) is 0 Å². The van der Waals surface area contributed by atoms with Crippen molar-refractivity contribution in [3.05, 3.63) is 58.1 Å². The van der Waals surface area contributed by atoms with Crippen LogP contribution in [0, 0.1) is 12.3 Å². The van der Waals surface area contributed by atoms with Crippen molar-refractivity contribution in [1.82, 2.24) is 10.7 Å². The fourth-order valence-corrected chi connectivity index (χ4v) is 2.65. The van der Waals surface area contributed by atoms with E-state index in [-0.39, 0.29) is 19.1 Å². The van der Waals surface area contributed by atoms with Gasteiger partial charge in [-0.3, -0.25) is 9.59 Å². The number of nitrogens with zero attached hydrogens (tertiary/aromatic N) is 1. The van der Waals surface area contributed by atoms with Gasteiger partial charge in [-0.05, 0) is 48.9 Å². The zero-order valence-corrected chi connectivity index (χ0v) is 18.1. The molecule has 156 valence electrons. The molecular weight excluding hydrogens is 450 g/mol. The number of carbonyl (C=O) groups excluding carboxylic acids is 2. The summed E-state index contributed by atoms with van der Waals surface area (Å²) in [6.45, 7) is 2.53. The van der Waals surface area contributed by atoms with Gasteiger partial charge in [0.15, 0.2) is 0 Å². The van der Waals surface area contributed by atoms with Crippen molar-refractivity contribution >= 4 is 34.0 Å². The van der Waals surface area contributed by atoms with Gasteiger partial charge in [0, 0.05) is 15.6 Å². The summed E-state index contributed by atoms with van der Waals surface area (Å²) in [5, 5.41) is 6.44. The van der Waals surface area contributed by atoms with E-state index in [1.165, 1.54) is 6.21 Å². The van der Waals surface area contributed by atoms with Gasteiger partial charge in [0.25, 0.3) is 11.8 Å². The van der Waals surface area contributed by atoms with Gasteiger partial charge < -0.3 is 14.8 Å². The molecule has 30 heavy (non-hydrogen) atoms. The zero-order valence-electron chi connectivity index (χ0n) is 16.5. The molecule has 0 aliphatic rings. The van der Waals surface area contributed by atoms with E-state index in [0.29, 0.717) is 29.2 Å². The molecule has 2 rings (SSSR count). The Balaban J connectivity index is 1.84. The summed E-state index contributed by atoms with van der Waals surface area (Å²) in [5.41, 5.74) is 3.42. The molecule has 2 amide bonds.